The third kappa shape index (κ3) is 5.38. The molecule has 3 nitrogen and oxygen atoms in total. The van der Waals surface area contributed by atoms with E-state index in [1.807, 2.05) is 0 Å². The Hall–Kier alpha value is -0.570. The Balaban J connectivity index is 2.21. The predicted molar refractivity (Wildman–Crippen MR) is 79.0 cm³/mol. The van der Waals surface area contributed by atoms with E-state index in [0.29, 0.717) is 5.84 Å². The summed E-state index contributed by atoms with van der Waals surface area (Å²) in [7, 11) is 0. The molecule has 0 spiro atoms. The largest absolute Gasteiger partial charge is 0.387 e. The van der Waals surface area contributed by atoms with E-state index in [1.54, 1.807) is 0 Å². The van der Waals surface area contributed by atoms with Crippen molar-refractivity contribution in [1.82, 2.24) is 4.90 Å². The van der Waals surface area contributed by atoms with Crippen LogP contribution >= 0.6 is 0 Å². The van der Waals surface area contributed by atoms with Crippen molar-refractivity contribution in [3.8, 4) is 0 Å². The van der Waals surface area contributed by atoms with E-state index in [1.165, 1.54) is 38.8 Å². The second-order valence-corrected chi connectivity index (χ2v) is 6.87. The van der Waals surface area contributed by atoms with Crippen molar-refractivity contribution < 1.29 is 0 Å². The molecule has 0 atom stereocenters. The molecule has 0 aromatic carbocycles. The molecular formula is C15H31N3. The Bertz CT molecular complexity index is 267. The SMILES string of the molecule is CC(C)CN(CCCCC(C)(C)C(=N)N)C1CC1. The standard InChI is InChI=1S/C15H31N3/c1-12(2)11-18(13-7-8-13)10-6-5-9-15(3,4)14(16)17/h12-13H,5-11H2,1-4H3,(H3,16,17). The van der Waals surface area contributed by atoms with Crippen molar-refractivity contribution in [2.75, 3.05) is 13.1 Å². The lowest BCUT2D eigenvalue weighted by Gasteiger charge is -2.26. The van der Waals surface area contributed by atoms with Gasteiger partial charge in [-0.25, -0.2) is 0 Å². The van der Waals surface area contributed by atoms with Crippen LogP contribution in [0.1, 0.15) is 59.8 Å². The smallest absolute Gasteiger partial charge is 0.0963 e. The van der Waals surface area contributed by atoms with E-state index in [4.69, 9.17) is 11.1 Å². The molecule has 0 bridgehead atoms. The molecule has 106 valence electrons. The highest BCUT2D eigenvalue weighted by Crippen LogP contribution is 2.28. The minimum atomic E-state index is -0.123. The lowest BCUT2D eigenvalue weighted by molar-refractivity contribution is 0.226. The fourth-order valence-electron chi connectivity index (χ4n) is 2.35. The predicted octanol–water partition coefficient (Wildman–Crippen LogP) is 3.24. The van der Waals surface area contributed by atoms with Gasteiger partial charge in [0.25, 0.3) is 0 Å². The van der Waals surface area contributed by atoms with Crippen LogP contribution < -0.4 is 5.73 Å². The van der Waals surface area contributed by atoms with Crippen LogP contribution in [-0.4, -0.2) is 29.9 Å². The Labute approximate surface area is 113 Å². The summed E-state index contributed by atoms with van der Waals surface area (Å²) in [6, 6.07) is 0.869. The third-order valence-electron chi connectivity index (χ3n) is 3.89. The van der Waals surface area contributed by atoms with Gasteiger partial charge in [-0.3, -0.25) is 5.41 Å². The third-order valence-corrected chi connectivity index (χ3v) is 3.89. The molecule has 3 N–H and O–H groups in total. The van der Waals surface area contributed by atoms with Crippen LogP contribution in [0.5, 0.6) is 0 Å². The van der Waals surface area contributed by atoms with Gasteiger partial charge in [-0.1, -0.05) is 34.1 Å². The maximum atomic E-state index is 7.56. The van der Waals surface area contributed by atoms with Gasteiger partial charge in [-0.05, 0) is 38.1 Å². The van der Waals surface area contributed by atoms with Crippen LogP contribution in [0.3, 0.4) is 0 Å². The van der Waals surface area contributed by atoms with E-state index in [-0.39, 0.29) is 5.41 Å². The van der Waals surface area contributed by atoms with Crippen LogP contribution in [0.4, 0.5) is 0 Å². The number of unbranched alkanes of at least 4 members (excludes halogenated alkanes) is 1. The lowest BCUT2D eigenvalue weighted by Crippen LogP contribution is -2.32. The number of nitrogens with zero attached hydrogens (tertiary/aromatic N) is 1. The van der Waals surface area contributed by atoms with Gasteiger partial charge >= 0.3 is 0 Å². The van der Waals surface area contributed by atoms with Crippen LogP contribution in [0.25, 0.3) is 0 Å². The highest BCUT2D eigenvalue weighted by molar-refractivity contribution is 5.82. The number of hydrogen-bond acceptors (Lipinski definition) is 2. The van der Waals surface area contributed by atoms with Gasteiger partial charge in [0.2, 0.25) is 0 Å². The quantitative estimate of drug-likeness (QED) is 0.376. The van der Waals surface area contributed by atoms with Crippen LogP contribution in [0.15, 0.2) is 0 Å². The first-order valence-electron chi connectivity index (χ1n) is 7.41. The summed E-state index contributed by atoms with van der Waals surface area (Å²) in [4.78, 5) is 2.66. The van der Waals surface area contributed by atoms with Gasteiger partial charge in [0.1, 0.15) is 0 Å². The maximum Gasteiger partial charge on any atom is 0.0963 e. The van der Waals surface area contributed by atoms with Crippen molar-refractivity contribution in [2.45, 2.75) is 65.8 Å². The number of nitrogens with two attached hydrogens (primary N) is 1. The first-order valence-corrected chi connectivity index (χ1v) is 7.41. The van der Waals surface area contributed by atoms with Gasteiger partial charge < -0.3 is 10.6 Å². The lowest BCUT2D eigenvalue weighted by atomic mass is 9.86. The summed E-state index contributed by atoms with van der Waals surface area (Å²) >= 11 is 0. The summed E-state index contributed by atoms with van der Waals surface area (Å²) in [5, 5.41) is 7.56. The zero-order chi connectivity index (χ0) is 13.8. The van der Waals surface area contributed by atoms with Crippen molar-refractivity contribution >= 4 is 5.84 Å². The molecule has 1 aliphatic carbocycles. The average molecular weight is 253 g/mol. The molecule has 1 rings (SSSR count). The first-order chi connectivity index (χ1) is 8.33. The fourth-order valence-corrected chi connectivity index (χ4v) is 2.35. The Kier molecular flexibility index (Phi) is 5.64. The molecule has 1 saturated carbocycles. The van der Waals surface area contributed by atoms with Crippen molar-refractivity contribution in [3.63, 3.8) is 0 Å². The van der Waals surface area contributed by atoms with E-state index in [9.17, 15) is 0 Å². The van der Waals surface area contributed by atoms with Crippen molar-refractivity contribution in [1.29, 1.82) is 5.41 Å². The highest BCUT2D eigenvalue weighted by atomic mass is 15.2. The first kappa shape index (κ1) is 15.5. The number of rotatable bonds is 9. The molecule has 0 saturated heterocycles. The van der Waals surface area contributed by atoms with Crippen LogP contribution in [0.2, 0.25) is 0 Å². The zero-order valence-electron chi connectivity index (χ0n) is 12.6. The van der Waals surface area contributed by atoms with E-state index >= 15 is 0 Å². The summed E-state index contributed by atoms with van der Waals surface area (Å²) in [5.74, 6) is 1.09. The number of amidine groups is 1. The molecule has 0 aromatic rings. The molecule has 1 fully saturated rings. The Morgan fingerprint density at radius 3 is 2.39 bits per heavy atom. The molecule has 0 aromatic heterocycles. The number of hydrogen-bond donors (Lipinski definition) is 2. The van der Waals surface area contributed by atoms with E-state index in [0.717, 1.165) is 18.4 Å². The zero-order valence-corrected chi connectivity index (χ0v) is 12.6. The Morgan fingerprint density at radius 1 is 1.33 bits per heavy atom. The minimum absolute atomic E-state index is 0.123. The molecule has 18 heavy (non-hydrogen) atoms. The van der Waals surface area contributed by atoms with Crippen molar-refractivity contribution in [3.05, 3.63) is 0 Å². The van der Waals surface area contributed by atoms with Crippen LogP contribution in [0, 0.1) is 16.7 Å². The van der Waals surface area contributed by atoms with Gasteiger partial charge in [0.05, 0.1) is 5.84 Å². The van der Waals surface area contributed by atoms with Gasteiger partial charge in [0.15, 0.2) is 0 Å². The summed E-state index contributed by atoms with van der Waals surface area (Å²) in [6.45, 7) is 11.2. The van der Waals surface area contributed by atoms with Gasteiger partial charge in [-0.15, -0.1) is 0 Å². The second-order valence-electron chi connectivity index (χ2n) is 6.87. The topological polar surface area (TPSA) is 53.1 Å². The molecular weight excluding hydrogens is 222 g/mol. The van der Waals surface area contributed by atoms with E-state index in [2.05, 4.69) is 32.6 Å². The van der Waals surface area contributed by atoms with Crippen molar-refractivity contribution in [2.24, 2.45) is 17.1 Å². The second kappa shape index (κ2) is 6.55. The average Bonchev–Trinajstić information content (AvgIpc) is 3.05. The summed E-state index contributed by atoms with van der Waals surface area (Å²) in [5.41, 5.74) is 5.49. The molecule has 1 aliphatic rings. The highest BCUT2D eigenvalue weighted by Gasteiger charge is 2.29. The van der Waals surface area contributed by atoms with Gasteiger partial charge in [0, 0.05) is 18.0 Å². The molecule has 3 heteroatoms. The normalized spacial score (nSPS) is 16.6. The monoisotopic (exact) mass is 253 g/mol. The fraction of sp³-hybridized carbons (Fsp3) is 0.933. The Morgan fingerprint density at radius 2 is 1.94 bits per heavy atom. The summed E-state index contributed by atoms with van der Waals surface area (Å²) in [6.07, 6.45) is 6.23. The maximum absolute atomic E-state index is 7.56. The molecule has 0 amide bonds. The van der Waals surface area contributed by atoms with Crippen LogP contribution in [-0.2, 0) is 0 Å². The summed E-state index contributed by atoms with van der Waals surface area (Å²) < 4.78 is 0. The van der Waals surface area contributed by atoms with Gasteiger partial charge in [-0.2, -0.15) is 0 Å². The molecule has 0 radical (unpaired) electrons. The molecule has 0 heterocycles. The number of nitrogens with one attached hydrogen (secondary N) is 1. The van der Waals surface area contributed by atoms with E-state index < -0.39 is 0 Å². The molecule has 0 aliphatic heterocycles. The molecule has 0 unspecified atom stereocenters. The minimum Gasteiger partial charge on any atom is -0.387 e.